The fraction of sp³-hybridized carbons (Fsp3) is 0.316. The van der Waals surface area contributed by atoms with Crippen LogP contribution in [0.25, 0.3) is 0 Å². The molecule has 2 aromatic rings. The highest BCUT2D eigenvalue weighted by Crippen LogP contribution is 2.18. The van der Waals surface area contributed by atoms with E-state index in [1.165, 1.54) is 6.92 Å². The summed E-state index contributed by atoms with van der Waals surface area (Å²) in [6, 6.07) is 14.2. The minimum Gasteiger partial charge on any atom is -0.433 e. The molecule has 1 aromatic heterocycles. The molecule has 0 aliphatic heterocycles. The van der Waals surface area contributed by atoms with Crippen LogP contribution in [0.3, 0.4) is 0 Å². The predicted octanol–water partition coefficient (Wildman–Crippen LogP) is 1.20. The van der Waals surface area contributed by atoms with Gasteiger partial charge < -0.3 is 20.9 Å². The zero-order valence-electron chi connectivity index (χ0n) is 14.6. The lowest BCUT2D eigenvalue weighted by Gasteiger charge is -2.29. The second kappa shape index (κ2) is 8.96. The highest BCUT2D eigenvalue weighted by molar-refractivity contribution is 5.87. The zero-order valence-corrected chi connectivity index (χ0v) is 14.6. The highest BCUT2D eigenvalue weighted by Gasteiger charge is 2.38. The molecule has 0 saturated heterocycles. The van der Waals surface area contributed by atoms with Gasteiger partial charge in [-0.05, 0) is 31.0 Å². The lowest BCUT2D eigenvalue weighted by Crippen LogP contribution is -2.54. The molecule has 0 aliphatic carbocycles. The Morgan fingerprint density at radius 2 is 1.92 bits per heavy atom. The third-order valence-corrected chi connectivity index (χ3v) is 3.93. The Kier molecular flexibility index (Phi) is 6.68. The molecule has 7 heteroatoms. The van der Waals surface area contributed by atoms with Crippen LogP contribution in [0.5, 0.6) is 0 Å². The fourth-order valence-electron chi connectivity index (χ4n) is 2.63. The minimum absolute atomic E-state index is 0.0616. The number of nitrogens with two attached hydrogens (primary N) is 1. The van der Waals surface area contributed by atoms with E-state index in [1.807, 2.05) is 30.3 Å². The third-order valence-electron chi connectivity index (χ3n) is 3.93. The van der Waals surface area contributed by atoms with Gasteiger partial charge in [-0.1, -0.05) is 36.4 Å². The van der Waals surface area contributed by atoms with Gasteiger partial charge in [0.15, 0.2) is 5.60 Å². The van der Waals surface area contributed by atoms with Crippen molar-refractivity contribution < 1.29 is 19.4 Å². The van der Waals surface area contributed by atoms with E-state index in [9.17, 15) is 14.7 Å². The number of benzene rings is 1. The van der Waals surface area contributed by atoms with Crippen LogP contribution in [0.4, 0.5) is 4.79 Å². The van der Waals surface area contributed by atoms with Gasteiger partial charge >= 0.3 is 6.09 Å². The average Bonchev–Trinajstić information content (AvgIpc) is 2.62. The summed E-state index contributed by atoms with van der Waals surface area (Å²) in [5.74, 6) is -0.545. The van der Waals surface area contributed by atoms with Crippen molar-refractivity contribution in [3.05, 3.63) is 66.0 Å². The van der Waals surface area contributed by atoms with Gasteiger partial charge in [0.05, 0.1) is 12.6 Å². The van der Waals surface area contributed by atoms with E-state index in [0.29, 0.717) is 12.1 Å². The summed E-state index contributed by atoms with van der Waals surface area (Å²) in [5, 5.41) is 12.3. The topological polar surface area (TPSA) is 115 Å². The molecule has 7 nitrogen and oxygen atoms in total. The van der Waals surface area contributed by atoms with Crippen LogP contribution in [0, 0.1) is 0 Å². The molecule has 0 aliphatic rings. The van der Waals surface area contributed by atoms with Crippen molar-refractivity contribution in [3.63, 3.8) is 0 Å². The predicted molar refractivity (Wildman–Crippen MR) is 96.2 cm³/mol. The average molecular weight is 357 g/mol. The molecule has 0 fully saturated rings. The van der Waals surface area contributed by atoms with E-state index < -0.39 is 23.6 Å². The maximum atomic E-state index is 12.8. The van der Waals surface area contributed by atoms with E-state index >= 15 is 0 Å². The Bertz CT molecular complexity index is 724. The third kappa shape index (κ3) is 5.56. The normalized spacial score (nSPS) is 14.1. The number of carbonyl (C=O) groups is 2. The molecule has 1 aromatic carbocycles. The molecular formula is C19H23N3O4. The lowest BCUT2D eigenvalue weighted by molar-refractivity contribution is -0.139. The van der Waals surface area contributed by atoms with Crippen LogP contribution in [-0.2, 0) is 22.4 Å². The molecule has 0 spiro atoms. The second-order valence-electron chi connectivity index (χ2n) is 6.19. The molecular weight excluding hydrogens is 334 g/mol. The van der Waals surface area contributed by atoms with Gasteiger partial charge in [-0.2, -0.15) is 0 Å². The number of hydrogen-bond acceptors (Lipinski definition) is 5. The van der Waals surface area contributed by atoms with Crippen molar-refractivity contribution in [2.75, 3.05) is 6.61 Å². The van der Waals surface area contributed by atoms with E-state index in [4.69, 9.17) is 10.5 Å². The number of nitrogens with one attached hydrogen (secondary N) is 1. The van der Waals surface area contributed by atoms with Crippen molar-refractivity contribution in [1.29, 1.82) is 0 Å². The number of primary amides is 1. The molecule has 2 amide bonds. The van der Waals surface area contributed by atoms with Crippen LogP contribution in [0.2, 0.25) is 0 Å². The first kappa shape index (κ1) is 19.4. The number of pyridine rings is 1. The summed E-state index contributed by atoms with van der Waals surface area (Å²) in [4.78, 5) is 28.2. The Labute approximate surface area is 152 Å². The first-order valence-corrected chi connectivity index (χ1v) is 8.27. The minimum atomic E-state index is -1.54. The smallest absolute Gasteiger partial charge is 0.405 e. The molecule has 0 saturated carbocycles. The number of aromatic nitrogens is 1. The van der Waals surface area contributed by atoms with Gasteiger partial charge in [0.25, 0.3) is 5.91 Å². The number of amides is 2. The van der Waals surface area contributed by atoms with E-state index in [1.54, 1.807) is 24.4 Å². The molecule has 2 rings (SSSR count). The molecule has 4 N–H and O–H groups in total. The molecule has 0 bridgehead atoms. The maximum absolute atomic E-state index is 12.8. The van der Waals surface area contributed by atoms with Crippen molar-refractivity contribution in [2.45, 2.75) is 31.4 Å². The number of aliphatic hydroxyl groups is 1. The highest BCUT2D eigenvalue weighted by atomic mass is 16.6. The molecule has 2 unspecified atom stereocenters. The van der Waals surface area contributed by atoms with E-state index in [0.717, 1.165) is 5.56 Å². The number of carbonyl (C=O) groups excluding carboxylic acids is 2. The number of hydrogen-bond donors (Lipinski definition) is 3. The maximum Gasteiger partial charge on any atom is 0.405 e. The van der Waals surface area contributed by atoms with Gasteiger partial charge in [0.2, 0.25) is 0 Å². The lowest BCUT2D eigenvalue weighted by atomic mass is 9.97. The van der Waals surface area contributed by atoms with Crippen LogP contribution >= 0.6 is 0 Å². The van der Waals surface area contributed by atoms with E-state index in [-0.39, 0.29) is 13.0 Å². The van der Waals surface area contributed by atoms with Gasteiger partial charge in [0.1, 0.15) is 0 Å². The van der Waals surface area contributed by atoms with Crippen molar-refractivity contribution >= 4 is 12.0 Å². The second-order valence-corrected chi connectivity index (χ2v) is 6.19. The van der Waals surface area contributed by atoms with Gasteiger partial charge in [0, 0.05) is 18.3 Å². The first-order valence-electron chi connectivity index (χ1n) is 8.27. The largest absolute Gasteiger partial charge is 0.433 e. The fourth-order valence-corrected chi connectivity index (χ4v) is 2.63. The van der Waals surface area contributed by atoms with Gasteiger partial charge in [-0.15, -0.1) is 0 Å². The number of aliphatic hydroxyl groups excluding tert-OH is 1. The molecule has 0 radical (unpaired) electrons. The SMILES string of the molecule is CC(Cc1ccccn1)(OC(N)=O)C(=O)NC(CO)Cc1ccccc1. The summed E-state index contributed by atoms with van der Waals surface area (Å²) in [7, 11) is 0. The van der Waals surface area contributed by atoms with Crippen LogP contribution < -0.4 is 11.1 Å². The van der Waals surface area contributed by atoms with Crippen LogP contribution in [-0.4, -0.2) is 40.3 Å². The Morgan fingerprint density at radius 3 is 2.50 bits per heavy atom. The summed E-state index contributed by atoms with van der Waals surface area (Å²) in [6.07, 6.45) is 1.04. The molecule has 138 valence electrons. The number of ether oxygens (including phenoxy) is 1. The van der Waals surface area contributed by atoms with Crippen molar-refractivity contribution in [1.82, 2.24) is 10.3 Å². The van der Waals surface area contributed by atoms with Crippen LogP contribution in [0.15, 0.2) is 54.7 Å². The molecule has 2 atom stereocenters. The van der Waals surface area contributed by atoms with Gasteiger partial charge in [-0.3, -0.25) is 9.78 Å². The number of nitrogens with zero attached hydrogens (tertiary/aromatic N) is 1. The summed E-state index contributed by atoms with van der Waals surface area (Å²) in [5.41, 5.74) is 5.15. The van der Waals surface area contributed by atoms with Crippen LogP contribution in [0.1, 0.15) is 18.2 Å². The summed E-state index contributed by atoms with van der Waals surface area (Å²) in [6.45, 7) is 1.22. The van der Waals surface area contributed by atoms with Gasteiger partial charge in [-0.25, -0.2) is 4.79 Å². The summed E-state index contributed by atoms with van der Waals surface area (Å²) < 4.78 is 5.10. The Hall–Kier alpha value is -2.93. The Balaban J connectivity index is 2.12. The van der Waals surface area contributed by atoms with Crippen molar-refractivity contribution in [3.8, 4) is 0 Å². The Morgan fingerprint density at radius 1 is 1.23 bits per heavy atom. The first-order chi connectivity index (χ1) is 12.4. The molecule has 1 heterocycles. The quantitative estimate of drug-likeness (QED) is 0.657. The standard InChI is InChI=1S/C19H23N3O4/c1-19(26-18(20)25,12-15-9-5-6-10-21-15)17(24)22-16(13-23)11-14-7-3-2-4-8-14/h2-10,16,23H,11-13H2,1H3,(H2,20,25)(H,22,24). The zero-order chi connectivity index (χ0) is 19.0. The van der Waals surface area contributed by atoms with Crippen molar-refractivity contribution in [2.24, 2.45) is 5.73 Å². The monoisotopic (exact) mass is 357 g/mol. The van der Waals surface area contributed by atoms with E-state index in [2.05, 4.69) is 10.3 Å². The summed E-state index contributed by atoms with van der Waals surface area (Å²) >= 11 is 0. The molecule has 26 heavy (non-hydrogen) atoms. The number of rotatable bonds is 8.